The van der Waals surface area contributed by atoms with E-state index in [4.69, 9.17) is 4.74 Å². The van der Waals surface area contributed by atoms with E-state index < -0.39 is 0 Å². The molecule has 0 spiro atoms. The summed E-state index contributed by atoms with van der Waals surface area (Å²) in [5.41, 5.74) is 4.02. The number of methoxy groups -OCH3 is 1. The standard InChI is InChI=1S/C24H18N6O2/c1-32-23-13-17(18-14-25-16-26-15-18)7-8-20(23)29-12-10-22(31)24(28-29)21-9-11-27-30(21)19-5-3-2-4-6-19/h2-16H,1H3. The molecule has 3 heterocycles. The number of nitrogens with zero attached hydrogens (tertiary/aromatic N) is 6. The van der Waals surface area contributed by atoms with Crippen LogP contribution in [-0.2, 0) is 0 Å². The van der Waals surface area contributed by atoms with Crippen molar-refractivity contribution >= 4 is 0 Å². The Bertz CT molecular complexity index is 1430. The van der Waals surface area contributed by atoms with Crippen LogP contribution >= 0.6 is 0 Å². The quantitative estimate of drug-likeness (QED) is 0.430. The minimum Gasteiger partial charge on any atom is -0.494 e. The van der Waals surface area contributed by atoms with Gasteiger partial charge in [-0.2, -0.15) is 10.2 Å². The first-order valence-electron chi connectivity index (χ1n) is 9.88. The predicted octanol–water partition coefficient (Wildman–Crippen LogP) is 3.55. The van der Waals surface area contributed by atoms with Crippen molar-refractivity contribution in [3.05, 3.63) is 102 Å². The highest BCUT2D eigenvalue weighted by molar-refractivity contribution is 5.67. The second kappa shape index (κ2) is 8.27. The summed E-state index contributed by atoms with van der Waals surface area (Å²) >= 11 is 0. The number of hydrogen-bond acceptors (Lipinski definition) is 6. The van der Waals surface area contributed by atoms with Gasteiger partial charge >= 0.3 is 0 Å². The highest BCUT2D eigenvalue weighted by Gasteiger charge is 2.15. The molecule has 0 bridgehead atoms. The van der Waals surface area contributed by atoms with Crippen molar-refractivity contribution in [1.82, 2.24) is 29.5 Å². The van der Waals surface area contributed by atoms with Gasteiger partial charge in [-0.05, 0) is 35.9 Å². The molecule has 0 aliphatic heterocycles. The summed E-state index contributed by atoms with van der Waals surface area (Å²) in [6.07, 6.45) is 8.24. The van der Waals surface area contributed by atoms with Gasteiger partial charge in [0.25, 0.3) is 0 Å². The van der Waals surface area contributed by atoms with E-state index >= 15 is 0 Å². The molecule has 0 saturated carbocycles. The Morgan fingerprint density at radius 1 is 0.906 bits per heavy atom. The molecular formula is C24H18N6O2. The van der Waals surface area contributed by atoms with E-state index in [1.165, 1.54) is 12.4 Å². The second-order valence-electron chi connectivity index (χ2n) is 6.95. The Morgan fingerprint density at radius 2 is 1.72 bits per heavy atom. The predicted molar refractivity (Wildman–Crippen MR) is 120 cm³/mol. The van der Waals surface area contributed by atoms with Crippen molar-refractivity contribution in [3.8, 4) is 39.6 Å². The third kappa shape index (κ3) is 3.54. The molecule has 0 amide bonds. The number of aromatic nitrogens is 6. The molecule has 5 rings (SSSR count). The van der Waals surface area contributed by atoms with Gasteiger partial charge < -0.3 is 4.74 Å². The molecule has 156 valence electrons. The van der Waals surface area contributed by atoms with Crippen LogP contribution in [0.2, 0.25) is 0 Å². The van der Waals surface area contributed by atoms with Gasteiger partial charge in [-0.1, -0.05) is 24.3 Å². The molecule has 0 N–H and O–H groups in total. The van der Waals surface area contributed by atoms with Crippen molar-refractivity contribution in [2.24, 2.45) is 0 Å². The molecule has 0 fully saturated rings. The summed E-state index contributed by atoms with van der Waals surface area (Å²) in [5.74, 6) is 0.602. The zero-order chi connectivity index (χ0) is 21.9. The summed E-state index contributed by atoms with van der Waals surface area (Å²) in [6, 6.07) is 18.6. The molecule has 0 aliphatic rings. The van der Waals surface area contributed by atoms with Crippen LogP contribution in [0.4, 0.5) is 0 Å². The van der Waals surface area contributed by atoms with Gasteiger partial charge in [0.2, 0.25) is 5.43 Å². The molecule has 0 saturated heterocycles. The number of benzene rings is 2. The van der Waals surface area contributed by atoms with Crippen LogP contribution in [0.3, 0.4) is 0 Å². The SMILES string of the molecule is COc1cc(-c2cncnc2)ccc1-n1ccc(=O)c(-c2ccnn2-c2ccccc2)n1. The van der Waals surface area contributed by atoms with E-state index in [1.807, 2.05) is 48.5 Å². The molecule has 8 nitrogen and oxygen atoms in total. The van der Waals surface area contributed by atoms with Crippen molar-refractivity contribution in [2.45, 2.75) is 0 Å². The van der Waals surface area contributed by atoms with E-state index in [9.17, 15) is 4.79 Å². The van der Waals surface area contributed by atoms with E-state index in [0.29, 0.717) is 17.1 Å². The van der Waals surface area contributed by atoms with Crippen LogP contribution in [0, 0.1) is 0 Å². The lowest BCUT2D eigenvalue weighted by Gasteiger charge is -2.13. The van der Waals surface area contributed by atoms with Gasteiger partial charge in [0.1, 0.15) is 17.8 Å². The first-order valence-corrected chi connectivity index (χ1v) is 9.88. The minimum absolute atomic E-state index is 0.198. The van der Waals surface area contributed by atoms with Crippen LogP contribution in [-0.4, -0.2) is 36.6 Å². The maximum atomic E-state index is 12.7. The van der Waals surface area contributed by atoms with Crippen LogP contribution in [0.1, 0.15) is 0 Å². The van der Waals surface area contributed by atoms with E-state index in [2.05, 4.69) is 20.2 Å². The fourth-order valence-corrected chi connectivity index (χ4v) is 3.47. The van der Waals surface area contributed by atoms with Crippen molar-refractivity contribution < 1.29 is 4.74 Å². The summed E-state index contributed by atoms with van der Waals surface area (Å²) in [4.78, 5) is 20.9. The second-order valence-corrected chi connectivity index (χ2v) is 6.95. The molecule has 0 atom stereocenters. The van der Waals surface area contributed by atoms with Crippen LogP contribution in [0.15, 0.2) is 96.6 Å². The molecule has 8 heteroatoms. The number of hydrogen-bond donors (Lipinski definition) is 0. The molecule has 3 aromatic heterocycles. The first kappa shape index (κ1) is 19.4. The lowest BCUT2D eigenvalue weighted by atomic mass is 10.1. The Hall–Kier alpha value is -4.59. The smallest absolute Gasteiger partial charge is 0.209 e. The maximum Gasteiger partial charge on any atom is 0.209 e. The van der Waals surface area contributed by atoms with Gasteiger partial charge in [-0.25, -0.2) is 19.3 Å². The fraction of sp³-hybridized carbons (Fsp3) is 0.0417. The Labute approximate surface area is 183 Å². The molecule has 0 unspecified atom stereocenters. The summed E-state index contributed by atoms with van der Waals surface area (Å²) in [7, 11) is 1.60. The minimum atomic E-state index is -0.198. The van der Waals surface area contributed by atoms with Gasteiger partial charge in [-0.3, -0.25) is 4.79 Å². The molecular weight excluding hydrogens is 404 g/mol. The van der Waals surface area contributed by atoms with E-state index in [0.717, 1.165) is 16.8 Å². The van der Waals surface area contributed by atoms with Crippen LogP contribution in [0.25, 0.3) is 33.9 Å². The summed E-state index contributed by atoms with van der Waals surface area (Å²) in [5, 5.41) is 9.00. The number of para-hydroxylation sites is 1. The zero-order valence-electron chi connectivity index (χ0n) is 17.2. The maximum absolute atomic E-state index is 12.7. The molecule has 2 aromatic carbocycles. The molecule has 0 aliphatic carbocycles. The number of ether oxygens (including phenoxy) is 1. The monoisotopic (exact) mass is 422 g/mol. The van der Waals surface area contributed by atoms with Crippen LogP contribution < -0.4 is 10.2 Å². The van der Waals surface area contributed by atoms with Crippen molar-refractivity contribution in [3.63, 3.8) is 0 Å². The average molecular weight is 422 g/mol. The Morgan fingerprint density at radius 3 is 2.50 bits per heavy atom. The van der Waals surface area contributed by atoms with Crippen molar-refractivity contribution in [2.75, 3.05) is 7.11 Å². The zero-order valence-corrected chi connectivity index (χ0v) is 17.2. The summed E-state index contributed by atoms with van der Waals surface area (Å²) in [6.45, 7) is 0. The van der Waals surface area contributed by atoms with Gasteiger partial charge in [0, 0.05) is 30.2 Å². The Kier molecular flexibility index (Phi) is 5.01. The average Bonchev–Trinajstić information content (AvgIpc) is 3.35. The normalized spacial score (nSPS) is 10.8. The van der Waals surface area contributed by atoms with Crippen molar-refractivity contribution in [1.29, 1.82) is 0 Å². The first-order chi connectivity index (χ1) is 15.7. The summed E-state index contributed by atoms with van der Waals surface area (Å²) < 4.78 is 8.94. The lowest BCUT2D eigenvalue weighted by Crippen LogP contribution is -2.15. The number of rotatable bonds is 5. The third-order valence-electron chi connectivity index (χ3n) is 5.01. The topological polar surface area (TPSA) is 87.7 Å². The lowest BCUT2D eigenvalue weighted by molar-refractivity contribution is 0.411. The highest BCUT2D eigenvalue weighted by Crippen LogP contribution is 2.29. The Balaban J connectivity index is 1.60. The van der Waals surface area contributed by atoms with Gasteiger partial charge in [-0.15, -0.1) is 0 Å². The van der Waals surface area contributed by atoms with Crippen LogP contribution in [0.5, 0.6) is 5.75 Å². The molecule has 32 heavy (non-hydrogen) atoms. The van der Waals surface area contributed by atoms with Gasteiger partial charge in [0.15, 0.2) is 5.69 Å². The van der Waals surface area contributed by atoms with E-state index in [1.54, 1.807) is 47.3 Å². The molecule has 5 aromatic rings. The largest absolute Gasteiger partial charge is 0.494 e. The molecule has 0 radical (unpaired) electrons. The fourth-order valence-electron chi connectivity index (χ4n) is 3.47. The highest BCUT2D eigenvalue weighted by atomic mass is 16.5. The third-order valence-corrected chi connectivity index (χ3v) is 5.01. The van der Waals surface area contributed by atoms with Gasteiger partial charge in [0.05, 0.1) is 24.7 Å². The van der Waals surface area contributed by atoms with E-state index in [-0.39, 0.29) is 11.1 Å².